The van der Waals surface area contributed by atoms with Crippen LogP contribution in [0.1, 0.15) is 58.4 Å². The second kappa shape index (κ2) is 5.80. The van der Waals surface area contributed by atoms with E-state index < -0.39 is 15.7 Å². The van der Waals surface area contributed by atoms with Gasteiger partial charge in [-0.3, -0.25) is 4.18 Å². The molecular formula is C25H22O3S. The Balaban J connectivity index is 1.57. The average molecular weight is 403 g/mol. The van der Waals surface area contributed by atoms with Crippen molar-refractivity contribution in [1.29, 1.82) is 0 Å². The SMILES string of the molecule is Cc1ccc(S(=O)(=O)O[C@]23c4ccccc4[C@@H]4CC[C@H]2c2ccccc2[C@@H]43)cc1. The van der Waals surface area contributed by atoms with Gasteiger partial charge in [0.05, 0.1) is 4.90 Å². The van der Waals surface area contributed by atoms with Gasteiger partial charge in [-0.05, 0) is 60.1 Å². The standard InChI is InChI=1S/C25H22O3S/c1-16-10-12-17(13-11-16)29(26,27)28-25-22-9-5-4-7-19(22)21-14-15-23(25)18-6-2-3-8-20(18)24(21)25/h2-13,21,23-24H,14-15H2,1H3/t21-,23-,24-,25+/m0/s1. The molecule has 0 unspecified atom stereocenters. The van der Waals surface area contributed by atoms with E-state index in [4.69, 9.17) is 4.18 Å². The molecule has 0 spiro atoms. The molecule has 0 radical (unpaired) electrons. The van der Waals surface area contributed by atoms with Gasteiger partial charge in [0.25, 0.3) is 10.1 Å². The van der Waals surface area contributed by atoms with E-state index in [9.17, 15) is 8.42 Å². The van der Waals surface area contributed by atoms with Crippen molar-refractivity contribution in [3.63, 3.8) is 0 Å². The predicted molar refractivity (Wildman–Crippen MR) is 111 cm³/mol. The fourth-order valence-corrected chi connectivity index (χ4v) is 7.38. The summed E-state index contributed by atoms with van der Waals surface area (Å²) in [5, 5.41) is 0. The van der Waals surface area contributed by atoms with Crippen molar-refractivity contribution in [2.45, 2.75) is 48.0 Å². The zero-order valence-corrected chi connectivity index (χ0v) is 17.0. The normalized spacial score (nSPS) is 28.8. The molecule has 3 aliphatic carbocycles. The lowest BCUT2D eigenvalue weighted by atomic mass is 9.71. The molecule has 3 aromatic rings. The highest BCUT2D eigenvalue weighted by Gasteiger charge is 2.66. The van der Waals surface area contributed by atoms with Gasteiger partial charge in [-0.25, -0.2) is 0 Å². The van der Waals surface area contributed by atoms with Crippen LogP contribution in [0.2, 0.25) is 0 Å². The number of hydrogen-bond donors (Lipinski definition) is 0. The van der Waals surface area contributed by atoms with Crippen LogP contribution in [-0.2, 0) is 19.9 Å². The minimum Gasteiger partial charge on any atom is -0.253 e. The molecule has 0 amide bonds. The first kappa shape index (κ1) is 17.4. The predicted octanol–water partition coefficient (Wildman–Crippen LogP) is 5.37. The minimum atomic E-state index is -3.91. The van der Waals surface area contributed by atoms with Gasteiger partial charge in [-0.15, -0.1) is 0 Å². The zero-order valence-electron chi connectivity index (χ0n) is 16.2. The van der Waals surface area contributed by atoms with Crippen molar-refractivity contribution < 1.29 is 12.6 Å². The Morgan fingerprint density at radius 1 is 0.828 bits per heavy atom. The van der Waals surface area contributed by atoms with E-state index in [-0.39, 0.29) is 16.7 Å². The van der Waals surface area contributed by atoms with Crippen LogP contribution in [-0.4, -0.2) is 8.42 Å². The lowest BCUT2D eigenvalue weighted by molar-refractivity contribution is 0.0118. The minimum absolute atomic E-state index is 0.0510. The first-order valence-corrected chi connectivity index (χ1v) is 11.6. The summed E-state index contributed by atoms with van der Waals surface area (Å²) < 4.78 is 33.3. The monoisotopic (exact) mass is 402 g/mol. The number of hydrogen-bond acceptors (Lipinski definition) is 3. The molecule has 0 aliphatic heterocycles. The first-order valence-electron chi connectivity index (χ1n) is 10.2. The first-order chi connectivity index (χ1) is 14.0. The van der Waals surface area contributed by atoms with Gasteiger partial charge in [-0.2, -0.15) is 8.42 Å². The summed E-state index contributed by atoms with van der Waals surface area (Å²) in [5.74, 6) is 0.415. The molecule has 4 heteroatoms. The van der Waals surface area contributed by atoms with Gasteiger partial charge < -0.3 is 0 Å². The van der Waals surface area contributed by atoms with Gasteiger partial charge >= 0.3 is 0 Å². The van der Waals surface area contributed by atoms with Gasteiger partial charge in [0.15, 0.2) is 0 Å². The van der Waals surface area contributed by atoms with Crippen LogP contribution in [0.3, 0.4) is 0 Å². The highest BCUT2D eigenvalue weighted by Crippen LogP contribution is 2.72. The second-order valence-electron chi connectivity index (χ2n) is 8.57. The van der Waals surface area contributed by atoms with Crippen molar-refractivity contribution in [3.05, 3.63) is 101 Å². The molecule has 3 aromatic carbocycles. The summed E-state index contributed by atoms with van der Waals surface area (Å²) in [7, 11) is -3.91. The number of rotatable bonds is 3. The maximum Gasteiger partial charge on any atom is 0.297 e. The molecule has 146 valence electrons. The van der Waals surface area contributed by atoms with Crippen LogP contribution in [0.15, 0.2) is 77.7 Å². The van der Waals surface area contributed by atoms with Crippen LogP contribution in [0.4, 0.5) is 0 Å². The van der Waals surface area contributed by atoms with Crippen molar-refractivity contribution in [3.8, 4) is 0 Å². The van der Waals surface area contributed by atoms with E-state index in [2.05, 4.69) is 42.5 Å². The molecule has 0 heterocycles. The van der Waals surface area contributed by atoms with Crippen LogP contribution >= 0.6 is 0 Å². The van der Waals surface area contributed by atoms with Gasteiger partial charge in [0.2, 0.25) is 0 Å². The fourth-order valence-electron chi connectivity index (χ4n) is 6.14. The van der Waals surface area contributed by atoms with E-state index in [0.29, 0.717) is 5.92 Å². The topological polar surface area (TPSA) is 43.4 Å². The maximum absolute atomic E-state index is 13.5. The Morgan fingerprint density at radius 3 is 2.24 bits per heavy atom. The van der Waals surface area contributed by atoms with Crippen molar-refractivity contribution >= 4 is 10.1 Å². The molecule has 29 heavy (non-hydrogen) atoms. The molecule has 0 N–H and O–H groups in total. The molecule has 3 aliphatic rings. The lowest BCUT2D eigenvalue weighted by Gasteiger charge is -2.40. The molecule has 4 bridgehead atoms. The Hall–Kier alpha value is -2.43. The maximum atomic E-state index is 13.5. The third-order valence-corrected chi connectivity index (χ3v) is 8.54. The Labute approximate surface area is 171 Å². The second-order valence-corrected chi connectivity index (χ2v) is 10.1. The highest BCUT2D eigenvalue weighted by molar-refractivity contribution is 7.86. The summed E-state index contributed by atoms with van der Waals surface area (Å²) in [5.41, 5.74) is 5.02. The third-order valence-electron chi connectivity index (χ3n) is 7.19. The largest absolute Gasteiger partial charge is 0.297 e. The number of benzene rings is 3. The number of fused-ring (bicyclic) bond motifs is 4. The molecule has 6 rings (SSSR count). The van der Waals surface area contributed by atoms with Gasteiger partial charge in [0, 0.05) is 11.8 Å². The van der Waals surface area contributed by atoms with Gasteiger partial charge in [-0.1, -0.05) is 66.2 Å². The van der Waals surface area contributed by atoms with E-state index in [1.54, 1.807) is 12.1 Å². The van der Waals surface area contributed by atoms with Crippen molar-refractivity contribution in [1.82, 2.24) is 0 Å². The molecule has 0 aromatic heterocycles. The van der Waals surface area contributed by atoms with Gasteiger partial charge in [0.1, 0.15) is 5.60 Å². The third kappa shape index (κ3) is 2.19. The van der Waals surface area contributed by atoms with Crippen LogP contribution in [0, 0.1) is 6.92 Å². The Morgan fingerprint density at radius 2 is 1.48 bits per heavy atom. The molecule has 1 saturated carbocycles. The summed E-state index contributed by atoms with van der Waals surface area (Å²) in [4.78, 5) is 0.229. The van der Waals surface area contributed by atoms with E-state index >= 15 is 0 Å². The summed E-state index contributed by atoms with van der Waals surface area (Å²) >= 11 is 0. The number of aryl methyl sites for hydroxylation is 1. The van der Waals surface area contributed by atoms with E-state index in [1.165, 1.54) is 16.7 Å². The fraction of sp³-hybridized carbons (Fsp3) is 0.280. The molecule has 3 nitrogen and oxygen atoms in total. The van der Waals surface area contributed by atoms with Crippen molar-refractivity contribution in [2.75, 3.05) is 0 Å². The Bertz CT molecular complexity index is 1230. The smallest absolute Gasteiger partial charge is 0.253 e. The van der Waals surface area contributed by atoms with Crippen LogP contribution in [0.25, 0.3) is 0 Å². The molecule has 4 atom stereocenters. The van der Waals surface area contributed by atoms with Crippen molar-refractivity contribution in [2.24, 2.45) is 0 Å². The lowest BCUT2D eigenvalue weighted by Crippen LogP contribution is -2.40. The van der Waals surface area contributed by atoms with E-state index in [0.717, 1.165) is 24.0 Å². The molecule has 0 saturated heterocycles. The zero-order chi connectivity index (χ0) is 19.8. The average Bonchev–Trinajstić information content (AvgIpc) is 2.99. The van der Waals surface area contributed by atoms with Crippen LogP contribution in [0.5, 0.6) is 0 Å². The molecular weight excluding hydrogens is 380 g/mol. The van der Waals surface area contributed by atoms with Crippen LogP contribution < -0.4 is 0 Å². The highest BCUT2D eigenvalue weighted by atomic mass is 32.2. The van der Waals surface area contributed by atoms with E-state index in [1.807, 2.05) is 25.1 Å². The summed E-state index contributed by atoms with van der Waals surface area (Å²) in [6, 6.07) is 23.7. The summed E-state index contributed by atoms with van der Waals surface area (Å²) in [6.07, 6.45) is 2.01. The molecule has 1 fully saturated rings. The summed E-state index contributed by atoms with van der Waals surface area (Å²) in [6.45, 7) is 1.95. The quantitative estimate of drug-likeness (QED) is 0.553. The Kier molecular flexibility index (Phi) is 3.49.